The fourth-order valence-corrected chi connectivity index (χ4v) is 2.57. The molecule has 1 heterocycles. The molecule has 3 nitrogen and oxygen atoms in total. The lowest BCUT2D eigenvalue weighted by atomic mass is 9.99. The predicted octanol–water partition coefficient (Wildman–Crippen LogP) is 2.53. The molecule has 1 aromatic carbocycles. The Hall–Kier alpha value is -0.900. The molecule has 0 radical (unpaired) electrons. The van der Waals surface area contributed by atoms with Gasteiger partial charge in [-0.25, -0.2) is 0 Å². The molecule has 1 aliphatic heterocycles. The summed E-state index contributed by atoms with van der Waals surface area (Å²) in [5.74, 6) is 0.574. The molecule has 1 aliphatic rings. The van der Waals surface area contributed by atoms with Gasteiger partial charge in [-0.3, -0.25) is 4.90 Å². The number of hydrogen-bond acceptors (Lipinski definition) is 3. The van der Waals surface area contributed by atoms with E-state index in [1.54, 1.807) is 0 Å². The molecule has 0 bridgehead atoms. The second-order valence-corrected chi connectivity index (χ2v) is 5.87. The van der Waals surface area contributed by atoms with Crippen LogP contribution in [0.15, 0.2) is 24.3 Å². The van der Waals surface area contributed by atoms with Gasteiger partial charge in [-0.05, 0) is 24.0 Å². The van der Waals surface area contributed by atoms with Crippen molar-refractivity contribution in [3.05, 3.63) is 35.4 Å². The van der Waals surface area contributed by atoms with Gasteiger partial charge in [-0.1, -0.05) is 38.1 Å². The van der Waals surface area contributed by atoms with Gasteiger partial charge in [0.05, 0.1) is 12.7 Å². The second kappa shape index (κ2) is 6.51. The average Bonchev–Trinajstić information content (AvgIpc) is 2.39. The molecule has 0 aromatic heterocycles. The van der Waals surface area contributed by atoms with Gasteiger partial charge in [0.2, 0.25) is 0 Å². The second-order valence-electron chi connectivity index (χ2n) is 5.87. The maximum absolute atomic E-state index is 6.31. The van der Waals surface area contributed by atoms with Crippen LogP contribution in [-0.4, -0.2) is 37.2 Å². The number of nitrogens with zero attached hydrogens (tertiary/aromatic N) is 1. The van der Waals surface area contributed by atoms with Gasteiger partial charge in [0.25, 0.3) is 0 Å². The van der Waals surface area contributed by atoms with Crippen molar-refractivity contribution < 1.29 is 4.74 Å². The van der Waals surface area contributed by atoms with E-state index in [0.29, 0.717) is 12.0 Å². The normalized spacial score (nSPS) is 22.7. The van der Waals surface area contributed by atoms with Crippen molar-refractivity contribution in [1.29, 1.82) is 0 Å². The highest BCUT2D eigenvalue weighted by Gasteiger charge is 2.19. The Kier molecular flexibility index (Phi) is 4.97. The lowest BCUT2D eigenvalue weighted by Gasteiger charge is -2.32. The Morgan fingerprint density at radius 3 is 2.47 bits per heavy atom. The van der Waals surface area contributed by atoms with Crippen molar-refractivity contribution in [3.63, 3.8) is 0 Å². The molecule has 0 amide bonds. The molecule has 2 rings (SSSR count). The summed E-state index contributed by atoms with van der Waals surface area (Å²) in [6.07, 6.45) is 0.323. The van der Waals surface area contributed by atoms with E-state index < -0.39 is 0 Å². The number of nitrogens with two attached hydrogens (primary N) is 1. The average molecular weight is 262 g/mol. The predicted molar refractivity (Wildman–Crippen MR) is 79.3 cm³/mol. The summed E-state index contributed by atoms with van der Waals surface area (Å²) in [6.45, 7) is 10.2. The maximum atomic E-state index is 6.31. The minimum atomic E-state index is 0.0894. The highest BCUT2D eigenvalue weighted by molar-refractivity contribution is 5.26. The molecule has 0 spiro atoms. The summed E-state index contributed by atoms with van der Waals surface area (Å²) in [5.41, 5.74) is 8.91. The van der Waals surface area contributed by atoms with Gasteiger partial charge >= 0.3 is 0 Å². The van der Waals surface area contributed by atoms with E-state index in [1.165, 1.54) is 11.1 Å². The van der Waals surface area contributed by atoms with E-state index in [4.69, 9.17) is 10.5 Å². The smallest absolute Gasteiger partial charge is 0.0674 e. The van der Waals surface area contributed by atoms with E-state index in [9.17, 15) is 0 Å². The SMILES string of the molecule is CC1CN(CC(N)c2ccc(C(C)C)cc2)CCO1. The molecule has 2 atom stereocenters. The first kappa shape index (κ1) is 14.5. The van der Waals surface area contributed by atoms with Gasteiger partial charge in [0.15, 0.2) is 0 Å². The van der Waals surface area contributed by atoms with Crippen molar-refractivity contribution in [3.8, 4) is 0 Å². The first-order valence-electron chi connectivity index (χ1n) is 7.25. The molecule has 1 fully saturated rings. The lowest BCUT2D eigenvalue weighted by Crippen LogP contribution is -2.44. The Morgan fingerprint density at radius 1 is 1.26 bits per heavy atom. The van der Waals surface area contributed by atoms with Crippen molar-refractivity contribution in [1.82, 2.24) is 4.90 Å². The van der Waals surface area contributed by atoms with Crippen molar-refractivity contribution in [2.45, 2.75) is 38.8 Å². The fraction of sp³-hybridized carbons (Fsp3) is 0.625. The highest BCUT2D eigenvalue weighted by atomic mass is 16.5. The molecule has 2 N–H and O–H groups in total. The van der Waals surface area contributed by atoms with Gasteiger partial charge in [0.1, 0.15) is 0 Å². The molecule has 106 valence electrons. The Morgan fingerprint density at radius 2 is 1.89 bits per heavy atom. The van der Waals surface area contributed by atoms with Crippen molar-refractivity contribution in [2.24, 2.45) is 5.73 Å². The number of morpholine rings is 1. The maximum Gasteiger partial charge on any atom is 0.0674 e. The molecule has 2 unspecified atom stereocenters. The minimum absolute atomic E-state index is 0.0894. The van der Waals surface area contributed by atoms with Crippen LogP contribution in [0.2, 0.25) is 0 Å². The topological polar surface area (TPSA) is 38.5 Å². The zero-order chi connectivity index (χ0) is 13.8. The number of rotatable bonds is 4. The summed E-state index contributed by atoms with van der Waals surface area (Å²) in [7, 11) is 0. The zero-order valence-electron chi connectivity index (χ0n) is 12.3. The van der Waals surface area contributed by atoms with Crippen LogP contribution in [0.4, 0.5) is 0 Å². The van der Waals surface area contributed by atoms with Gasteiger partial charge in [-0.2, -0.15) is 0 Å². The van der Waals surface area contributed by atoms with E-state index in [1.807, 2.05) is 0 Å². The fourth-order valence-electron chi connectivity index (χ4n) is 2.57. The molecular weight excluding hydrogens is 236 g/mol. The van der Waals surface area contributed by atoms with Crippen LogP contribution in [0.25, 0.3) is 0 Å². The van der Waals surface area contributed by atoms with Crippen LogP contribution in [0.3, 0.4) is 0 Å². The molecule has 1 saturated heterocycles. The third kappa shape index (κ3) is 4.03. The van der Waals surface area contributed by atoms with Crippen LogP contribution in [-0.2, 0) is 4.74 Å². The minimum Gasteiger partial charge on any atom is -0.376 e. The van der Waals surface area contributed by atoms with Gasteiger partial charge in [-0.15, -0.1) is 0 Å². The van der Waals surface area contributed by atoms with Gasteiger partial charge in [0, 0.05) is 25.7 Å². The summed E-state index contributed by atoms with van der Waals surface area (Å²) in [5, 5.41) is 0. The van der Waals surface area contributed by atoms with Crippen LogP contribution >= 0.6 is 0 Å². The third-order valence-electron chi connectivity index (χ3n) is 3.81. The summed E-state index contributed by atoms with van der Waals surface area (Å²) < 4.78 is 5.55. The number of benzene rings is 1. The van der Waals surface area contributed by atoms with E-state index >= 15 is 0 Å². The Bertz CT molecular complexity index is 388. The Balaban J connectivity index is 1.93. The molecule has 0 aliphatic carbocycles. The van der Waals surface area contributed by atoms with E-state index in [2.05, 4.69) is 49.9 Å². The largest absolute Gasteiger partial charge is 0.376 e. The highest BCUT2D eigenvalue weighted by Crippen LogP contribution is 2.19. The first-order chi connectivity index (χ1) is 9.06. The van der Waals surface area contributed by atoms with Crippen LogP contribution in [0.1, 0.15) is 43.9 Å². The lowest BCUT2D eigenvalue weighted by molar-refractivity contribution is -0.0199. The molecule has 3 heteroatoms. The van der Waals surface area contributed by atoms with E-state index in [0.717, 1.165) is 26.2 Å². The summed E-state index contributed by atoms with van der Waals surface area (Å²) in [4.78, 5) is 2.40. The van der Waals surface area contributed by atoms with Gasteiger partial charge < -0.3 is 10.5 Å². The van der Waals surface area contributed by atoms with E-state index in [-0.39, 0.29) is 6.04 Å². The van der Waals surface area contributed by atoms with Crippen LogP contribution < -0.4 is 5.73 Å². The molecular formula is C16H26N2O. The zero-order valence-corrected chi connectivity index (χ0v) is 12.3. The number of hydrogen-bond donors (Lipinski definition) is 1. The van der Waals surface area contributed by atoms with Crippen LogP contribution in [0, 0.1) is 0 Å². The van der Waals surface area contributed by atoms with Crippen molar-refractivity contribution in [2.75, 3.05) is 26.2 Å². The monoisotopic (exact) mass is 262 g/mol. The molecule has 0 saturated carbocycles. The standard InChI is InChI=1S/C16H26N2O/c1-12(2)14-4-6-15(7-5-14)16(17)11-18-8-9-19-13(3)10-18/h4-7,12-13,16H,8-11,17H2,1-3H3. The molecule has 1 aromatic rings. The van der Waals surface area contributed by atoms with Crippen molar-refractivity contribution >= 4 is 0 Å². The van der Waals surface area contributed by atoms with Crippen LogP contribution in [0.5, 0.6) is 0 Å². The first-order valence-corrected chi connectivity index (χ1v) is 7.25. The number of ether oxygens (including phenoxy) is 1. The third-order valence-corrected chi connectivity index (χ3v) is 3.81. The quantitative estimate of drug-likeness (QED) is 0.906. The Labute approximate surface area is 116 Å². The molecule has 19 heavy (non-hydrogen) atoms. The summed E-state index contributed by atoms with van der Waals surface area (Å²) >= 11 is 0. The summed E-state index contributed by atoms with van der Waals surface area (Å²) in [6, 6.07) is 8.82.